The van der Waals surface area contributed by atoms with E-state index in [9.17, 15) is 10.0 Å². The summed E-state index contributed by atoms with van der Waals surface area (Å²) in [7, 11) is 0. The Kier molecular flexibility index (Phi) is 5.21. The van der Waals surface area contributed by atoms with E-state index >= 15 is 0 Å². The first-order valence-corrected chi connectivity index (χ1v) is 7.11. The average molecular weight is 262 g/mol. The molecule has 4 nitrogen and oxygen atoms in total. The number of carbonyl (C=O) groups is 1. The molecule has 0 aliphatic heterocycles. The Labute approximate surface area is 114 Å². The number of urea groups is 1. The summed E-state index contributed by atoms with van der Waals surface area (Å²) in [5, 5.41) is 13.6. The van der Waals surface area contributed by atoms with Crippen molar-refractivity contribution in [1.29, 1.82) is 0 Å². The fourth-order valence-corrected chi connectivity index (χ4v) is 2.55. The molecule has 1 aromatic rings. The van der Waals surface area contributed by atoms with Gasteiger partial charge in [-0.15, -0.1) is 0 Å². The van der Waals surface area contributed by atoms with E-state index in [1.165, 1.54) is 19.3 Å². The van der Waals surface area contributed by atoms with Gasteiger partial charge in [-0.2, -0.15) is 0 Å². The van der Waals surface area contributed by atoms with Gasteiger partial charge in [-0.25, -0.2) is 9.86 Å². The number of amides is 2. The Bertz CT molecular complexity index is 386. The lowest BCUT2D eigenvalue weighted by Crippen LogP contribution is -2.40. The molecule has 2 rings (SSSR count). The smallest absolute Gasteiger partial charge is 0.306 e. The molecule has 2 amide bonds. The summed E-state index contributed by atoms with van der Waals surface area (Å²) in [5.41, 5.74) is 0.706. The van der Waals surface area contributed by atoms with Gasteiger partial charge in [-0.1, -0.05) is 50.3 Å². The van der Waals surface area contributed by atoms with Crippen molar-refractivity contribution in [2.75, 3.05) is 5.32 Å². The molecule has 1 aromatic carbocycles. The number of benzene rings is 1. The number of rotatable bonds is 2. The van der Waals surface area contributed by atoms with Crippen molar-refractivity contribution in [2.24, 2.45) is 0 Å². The molecule has 0 unspecified atom stereocenters. The molecule has 2 N–H and O–H groups in total. The molecule has 1 saturated carbocycles. The van der Waals surface area contributed by atoms with Gasteiger partial charge < -0.3 is 5.32 Å². The maximum atomic E-state index is 12.0. The molecule has 4 heteroatoms. The Hall–Kier alpha value is -1.55. The lowest BCUT2D eigenvalue weighted by molar-refractivity contribution is -0.0792. The summed E-state index contributed by atoms with van der Waals surface area (Å²) in [6.07, 6.45) is 7.61. The van der Waals surface area contributed by atoms with E-state index in [2.05, 4.69) is 5.32 Å². The van der Waals surface area contributed by atoms with E-state index in [4.69, 9.17) is 0 Å². The predicted molar refractivity (Wildman–Crippen MR) is 75.2 cm³/mol. The van der Waals surface area contributed by atoms with Crippen molar-refractivity contribution in [3.05, 3.63) is 30.3 Å². The fraction of sp³-hybridized carbons (Fsp3) is 0.533. The van der Waals surface area contributed by atoms with E-state index in [0.29, 0.717) is 5.69 Å². The van der Waals surface area contributed by atoms with Crippen LogP contribution in [-0.2, 0) is 0 Å². The summed E-state index contributed by atoms with van der Waals surface area (Å²) in [5.74, 6) is 0. The Morgan fingerprint density at radius 3 is 2.26 bits per heavy atom. The number of hydrogen-bond donors (Lipinski definition) is 2. The number of anilines is 1. The van der Waals surface area contributed by atoms with Crippen molar-refractivity contribution in [3.8, 4) is 0 Å². The van der Waals surface area contributed by atoms with Crippen molar-refractivity contribution in [3.63, 3.8) is 0 Å². The van der Waals surface area contributed by atoms with Crippen LogP contribution in [0.25, 0.3) is 0 Å². The van der Waals surface area contributed by atoms with Crippen molar-refractivity contribution in [1.82, 2.24) is 5.06 Å². The maximum absolute atomic E-state index is 12.0. The van der Waals surface area contributed by atoms with Crippen LogP contribution in [0.3, 0.4) is 0 Å². The molecule has 0 spiro atoms. The van der Waals surface area contributed by atoms with Crippen LogP contribution in [0, 0.1) is 0 Å². The highest BCUT2D eigenvalue weighted by molar-refractivity contribution is 5.88. The molecule has 0 bridgehead atoms. The third kappa shape index (κ3) is 4.24. The zero-order valence-electron chi connectivity index (χ0n) is 11.2. The van der Waals surface area contributed by atoms with Crippen LogP contribution in [0.2, 0.25) is 0 Å². The largest absolute Gasteiger partial charge is 0.345 e. The van der Waals surface area contributed by atoms with Gasteiger partial charge in [0, 0.05) is 5.69 Å². The molecular formula is C15H22N2O2. The highest BCUT2D eigenvalue weighted by Gasteiger charge is 2.22. The number of para-hydroxylation sites is 1. The zero-order valence-corrected chi connectivity index (χ0v) is 11.2. The quantitative estimate of drug-likeness (QED) is 0.624. The standard InChI is InChI=1S/C15H22N2O2/c18-15(16-13-9-5-4-6-10-13)17(19)14-11-7-2-1-3-8-12-14/h4-6,9-10,14,19H,1-3,7-8,11-12H2,(H,16,18). The molecule has 104 valence electrons. The monoisotopic (exact) mass is 262 g/mol. The van der Waals surface area contributed by atoms with Crippen molar-refractivity contribution < 1.29 is 10.0 Å². The van der Waals surface area contributed by atoms with E-state index in [1.54, 1.807) is 0 Å². The lowest BCUT2D eigenvalue weighted by atomic mass is 9.96. The van der Waals surface area contributed by atoms with Crippen LogP contribution in [0.4, 0.5) is 10.5 Å². The van der Waals surface area contributed by atoms with Gasteiger partial charge in [0.25, 0.3) is 0 Å². The molecule has 1 aliphatic carbocycles. The second-order valence-electron chi connectivity index (χ2n) is 5.14. The summed E-state index contributed by atoms with van der Waals surface area (Å²) in [6.45, 7) is 0. The van der Waals surface area contributed by atoms with E-state index in [1.807, 2.05) is 30.3 Å². The van der Waals surface area contributed by atoms with Crippen LogP contribution in [0.1, 0.15) is 44.9 Å². The lowest BCUT2D eigenvalue weighted by Gasteiger charge is -2.27. The highest BCUT2D eigenvalue weighted by atomic mass is 16.5. The molecule has 19 heavy (non-hydrogen) atoms. The topological polar surface area (TPSA) is 52.6 Å². The second-order valence-corrected chi connectivity index (χ2v) is 5.14. The number of hydrogen-bond acceptors (Lipinski definition) is 2. The van der Waals surface area contributed by atoms with Crippen LogP contribution >= 0.6 is 0 Å². The second kappa shape index (κ2) is 7.14. The number of nitrogens with zero attached hydrogens (tertiary/aromatic N) is 1. The molecule has 1 aliphatic rings. The molecule has 0 radical (unpaired) electrons. The van der Waals surface area contributed by atoms with Gasteiger partial charge in [-0.3, -0.25) is 5.21 Å². The molecule has 0 aromatic heterocycles. The Balaban J connectivity index is 1.90. The molecular weight excluding hydrogens is 240 g/mol. The minimum absolute atomic E-state index is 0.0518. The summed E-state index contributed by atoms with van der Waals surface area (Å²) in [4.78, 5) is 12.0. The first-order chi connectivity index (χ1) is 9.27. The third-order valence-electron chi connectivity index (χ3n) is 3.65. The minimum atomic E-state index is -0.434. The third-order valence-corrected chi connectivity index (χ3v) is 3.65. The molecule has 0 heterocycles. The summed E-state index contributed by atoms with van der Waals surface area (Å²) >= 11 is 0. The zero-order chi connectivity index (χ0) is 13.5. The Morgan fingerprint density at radius 2 is 1.63 bits per heavy atom. The first kappa shape index (κ1) is 13.9. The van der Waals surface area contributed by atoms with E-state index in [-0.39, 0.29) is 6.04 Å². The molecule has 0 atom stereocenters. The predicted octanol–water partition coefficient (Wildman–Crippen LogP) is 4.02. The first-order valence-electron chi connectivity index (χ1n) is 7.11. The highest BCUT2D eigenvalue weighted by Crippen LogP contribution is 2.21. The van der Waals surface area contributed by atoms with Gasteiger partial charge in [0.2, 0.25) is 0 Å². The van der Waals surface area contributed by atoms with Crippen molar-refractivity contribution in [2.45, 2.75) is 51.0 Å². The van der Waals surface area contributed by atoms with Gasteiger partial charge >= 0.3 is 6.03 Å². The minimum Gasteiger partial charge on any atom is -0.306 e. The van der Waals surface area contributed by atoms with Crippen molar-refractivity contribution >= 4 is 11.7 Å². The SMILES string of the molecule is O=C(Nc1ccccc1)N(O)C1CCCCCCC1. The van der Waals surface area contributed by atoms with Gasteiger partial charge in [0.15, 0.2) is 0 Å². The van der Waals surface area contributed by atoms with E-state index in [0.717, 1.165) is 30.7 Å². The van der Waals surface area contributed by atoms with Crippen LogP contribution < -0.4 is 5.32 Å². The summed E-state index contributed by atoms with van der Waals surface area (Å²) < 4.78 is 0. The van der Waals surface area contributed by atoms with Gasteiger partial charge in [0.05, 0.1) is 6.04 Å². The van der Waals surface area contributed by atoms with Crippen LogP contribution in [0.5, 0.6) is 0 Å². The molecule has 0 saturated heterocycles. The van der Waals surface area contributed by atoms with E-state index < -0.39 is 6.03 Å². The molecule has 1 fully saturated rings. The number of hydroxylamine groups is 2. The average Bonchev–Trinajstić information content (AvgIpc) is 2.39. The van der Waals surface area contributed by atoms with Crippen LogP contribution in [0.15, 0.2) is 30.3 Å². The summed E-state index contributed by atoms with van der Waals surface area (Å²) in [6, 6.07) is 8.73. The van der Waals surface area contributed by atoms with Crippen LogP contribution in [-0.4, -0.2) is 22.3 Å². The van der Waals surface area contributed by atoms with Gasteiger partial charge in [0.1, 0.15) is 0 Å². The van der Waals surface area contributed by atoms with Gasteiger partial charge in [-0.05, 0) is 25.0 Å². The Morgan fingerprint density at radius 1 is 1.05 bits per heavy atom. The number of nitrogens with one attached hydrogen (secondary N) is 1. The number of carbonyl (C=O) groups excluding carboxylic acids is 1. The maximum Gasteiger partial charge on any atom is 0.345 e. The normalized spacial score (nSPS) is 17.3. The fourth-order valence-electron chi connectivity index (χ4n) is 2.55.